The minimum Gasteiger partial charge on any atom is -0.460 e. The highest BCUT2D eigenvalue weighted by atomic mass is 16.7. The molecule has 1 aliphatic rings. The van der Waals surface area contributed by atoms with Crippen LogP contribution in [0.1, 0.15) is 19.3 Å². The fraction of sp³-hybridized carbons (Fsp3) is 0.833. The van der Waals surface area contributed by atoms with Gasteiger partial charge in [0, 0.05) is 12.7 Å². The summed E-state index contributed by atoms with van der Waals surface area (Å²) in [5.41, 5.74) is 0. The van der Waals surface area contributed by atoms with E-state index in [1.165, 1.54) is 6.42 Å². The SMILES string of the molecule is C=CC(=O)OCCOCCOCCOCCOCCOC1CCCCO1. The van der Waals surface area contributed by atoms with Crippen molar-refractivity contribution in [3.8, 4) is 0 Å². The van der Waals surface area contributed by atoms with Crippen LogP contribution in [0, 0.1) is 0 Å². The van der Waals surface area contributed by atoms with Crippen LogP contribution >= 0.6 is 0 Å². The van der Waals surface area contributed by atoms with Gasteiger partial charge in [-0.3, -0.25) is 0 Å². The zero-order chi connectivity index (χ0) is 18.7. The molecule has 1 fully saturated rings. The third-order valence-corrected chi connectivity index (χ3v) is 3.42. The molecule has 1 aliphatic heterocycles. The van der Waals surface area contributed by atoms with Crippen molar-refractivity contribution >= 4 is 5.97 Å². The summed E-state index contributed by atoms with van der Waals surface area (Å²) in [5.74, 6) is -0.447. The molecule has 0 N–H and O–H groups in total. The van der Waals surface area contributed by atoms with Gasteiger partial charge >= 0.3 is 5.97 Å². The van der Waals surface area contributed by atoms with Crippen LogP contribution in [-0.4, -0.2) is 84.9 Å². The summed E-state index contributed by atoms with van der Waals surface area (Å²) in [6.45, 7) is 8.70. The Kier molecular flexibility index (Phi) is 15.4. The predicted molar refractivity (Wildman–Crippen MR) is 94.0 cm³/mol. The second-order valence-corrected chi connectivity index (χ2v) is 5.49. The predicted octanol–water partition coefficient (Wildman–Crippen LogP) is 1.33. The normalized spacial score (nSPS) is 17.2. The van der Waals surface area contributed by atoms with E-state index in [2.05, 4.69) is 6.58 Å². The highest BCUT2D eigenvalue weighted by Crippen LogP contribution is 2.13. The van der Waals surface area contributed by atoms with Crippen molar-refractivity contribution in [2.45, 2.75) is 25.6 Å². The van der Waals surface area contributed by atoms with Crippen LogP contribution in [0.15, 0.2) is 12.7 Å². The summed E-state index contributed by atoms with van der Waals surface area (Å²) in [6, 6.07) is 0. The summed E-state index contributed by atoms with van der Waals surface area (Å²) in [7, 11) is 0. The van der Waals surface area contributed by atoms with Gasteiger partial charge in [0.1, 0.15) is 6.61 Å². The summed E-state index contributed by atoms with van der Waals surface area (Å²) >= 11 is 0. The van der Waals surface area contributed by atoms with E-state index in [-0.39, 0.29) is 12.9 Å². The Balaban J connectivity index is 1.68. The Hall–Kier alpha value is -1.03. The number of rotatable bonds is 17. The minimum absolute atomic E-state index is 0.0631. The summed E-state index contributed by atoms with van der Waals surface area (Å²) in [6.07, 6.45) is 4.31. The molecular weight excluding hydrogens is 344 g/mol. The molecule has 1 atom stereocenters. The molecule has 0 aliphatic carbocycles. The van der Waals surface area contributed by atoms with Crippen LogP contribution in [0.4, 0.5) is 0 Å². The number of ether oxygens (including phenoxy) is 7. The van der Waals surface area contributed by atoms with E-state index >= 15 is 0 Å². The van der Waals surface area contributed by atoms with Crippen molar-refractivity contribution in [1.82, 2.24) is 0 Å². The molecule has 1 unspecified atom stereocenters. The van der Waals surface area contributed by atoms with Gasteiger partial charge < -0.3 is 33.2 Å². The second kappa shape index (κ2) is 17.4. The van der Waals surface area contributed by atoms with Crippen molar-refractivity contribution < 1.29 is 38.0 Å². The van der Waals surface area contributed by atoms with Crippen molar-refractivity contribution in [3.63, 3.8) is 0 Å². The van der Waals surface area contributed by atoms with Gasteiger partial charge in [-0.25, -0.2) is 4.79 Å². The molecule has 0 aromatic heterocycles. The maximum absolute atomic E-state index is 10.8. The molecule has 1 rings (SSSR count). The van der Waals surface area contributed by atoms with Gasteiger partial charge in [-0.1, -0.05) is 6.58 Å². The molecule has 0 radical (unpaired) electrons. The van der Waals surface area contributed by atoms with Gasteiger partial charge in [0.15, 0.2) is 6.29 Å². The van der Waals surface area contributed by atoms with Gasteiger partial charge in [0.05, 0.1) is 59.5 Å². The average Bonchev–Trinajstić information content (AvgIpc) is 2.68. The lowest BCUT2D eigenvalue weighted by molar-refractivity contribution is -0.169. The van der Waals surface area contributed by atoms with Crippen LogP contribution in [0.5, 0.6) is 0 Å². The molecule has 0 bridgehead atoms. The fourth-order valence-electron chi connectivity index (χ4n) is 2.10. The van der Waals surface area contributed by atoms with Crippen LogP contribution in [0.3, 0.4) is 0 Å². The molecule has 8 heteroatoms. The molecule has 0 saturated carbocycles. The molecule has 0 spiro atoms. The van der Waals surface area contributed by atoms with E-state index < -0.39 is 5.97 Å². The Bertz CT molecular complexity index is 344. The molecule has 0 aromatic carbocycles. The van der Waals surface area contributed by atoms with Crippen molar-refractivity contribution in [2.75, 3.05) is 72.7 Å². The molecule has 26 heavy (non-hydrogen) atoms. The Labute approximate surface area is 155 Å². The first-order valence-corrected chi connectivity index (χ1v) is 9.16. The zero-order valence-electron chi connectivity index (χ0n) is 15.5. The lowest BCUT2D eigenvalue weighted by Crippen LogP contribution is -2.24. The maximum atomic E-state index is 10.8. The van der Waals surface area contributed by atoms with Gasteiger partial charge in [0.25, 0.3) is 0 Å². The Morgan fingerprint density at radius 1 is 0.846 bits per heavy atom. The van der Waals surface area contributed by atoms with Crippen LogP contribution in [0.25, 0.3) is 0 Å². The molecule has 1 saturated heterocycles. The minimum atomic E-state index is -0.447. The number of hydrogen-bond acceptors (Lipinski definition) is 8. The van der Waals surface area contributed by atoms with Gasteiger partial charge in [-0.05, 0) is 19.3 Å². The maximum Gasteiger partial charge on any atom is 0.330 e. The van der Waals surface area contributed by atoms with Crippen LogP contribution in [0.2, 0.25) is 0 Å². The van der Waals surface area contributed by atoms with E-state index in [0.29, 0.717) is 59.5 Å². The molecule has 1 heterocycles. The number of carbonyl (C=O) groups is 1. The lowest BCUT2D eigenvalue weighted by atomic mass is 10.2. The van der Waals surface area contributed by atoms with Crippen molar-refractivity contribution in [1.29, 1.82) is 0 Å². The summed E-state index contributed by atoms with van der Waals surface area (Å²) < 4.78 is 37.2. The summed E-state index contributed by atoms with van der Waals surface area (Å²) in [5, 5.41) is 0. The fourth-order valence-corrected chi connectivity index (χ4v) is 2.10. The van der Waals surface area contributed by atoms with Gasteiger partial charge in [-0.2, -0.15) is 0 Å². The van der Waals surface area contributed by atoms with Gasteiger partial charge in [0.2, 0.25) is 0 Å². The smallest absolute Gasteiger partial charge is 0.330 e. The quantitative estimate of drug-likeness (QED) is 0.214. The first kappa shape index (κ1) is 23.0. The first-order valence-electron chi connectivity index (χ1n) is 9.16. The summed E-state index contributed by atoms with van der Waals surface area (Å²) in [4.78, 5) is 10.8. The highest BCUT2D eigenvalue weighted by molar-refractivity contribution is 5.81. The molecule has 8 nitrogen and oxygen atoms in total. The topological polar surface area (TPSA) is 81.7 Å². The van der Waals surface area contributed by atoms with E-state index in [0.717, 1.165) is 25.5 Å². The zero-order valence-corrected chi connectivity index (χ0v) is 15.5. The van der Waals surface area contributed by atoms with E-state index in [9.17, 15) is 4.79 Å². The lowest BCUT2D eigenvalue weighted by Gasteiger charge is -2.22. The molecule has 0 amide bonds. The Morgan fingerprint density at radius 3 is 1.88 bits per heavy atom. The number of carbonyl (C=O) groups excluding carboxylic acids is 1. The number of hydrogen-bond donors (Lipinski definition) is 0. The van der Waals surface area contributed by atoms with Crippen molar-refractivity contribution in [3.05, 3.63) is 12.7 Å². The molecule has 152 valence electrons. The van der Waals surface area contributed by atoms with E-state index in [1.807, 2.05) is 0 Å². The third kappa shape index (κ3) is 14.2. The number of esters is 1. The monoisotopic (exact) mass is 376 g/mol. The third-order valence-electron chi connectivity index (χ3n) is 3.42. The van der Waals surface area contributed by atoms with Crippen LogP contribution < -0.4 is 0 Å². The highest BCUT2D eigenvalue weighted by Gasteiger charge is 2.13. The molecule has 0 aromatic rings. The van der Waals surface area contributed by atoms with E-state index in [1.54, 1.807) is 0 Å². The standard InChI is InChI=1S/C18H32O8/c1-2-17(19)24-15-13-22-11-9-20-7-8-21-10-12-23-14-16-26-18-5-3-4-6-25-18/h2,18H,1,3-16H2. The molecular formula is C18H32O8. The first-order chi connectivity index (χ1) is 12.8. The van der Waals surface area contributed by atoms with E-state index in [4.69, 9.17) is 33.2 Å². The average molecular weight is 376 g/mol. The second-order valence-electron chi connectivity index (χ2n) is 5.49. The largest absolute Gasteiger partial charge is 0.460 e. The van der Waals surface area contributed by atoms with Gasteiger partial charge in [-0.15, -0.1) is 0 Å². The Morgan fingerprint density at radius 2 is 1.38 bits per heavy atom. The van der Waals surface area contributed by atoms with Crippen molar-refractivity contribution in [2.24, 2.45) is 0 Å². The van der Waals surface area contributed by atoms with Crippen LogP contribution in [-0.2, 0) is 38.0 Å².